The van der Waals surface area contributed by atoms with Crippen LogP contribution in [0.25, 0.3) is 0 Å². The van der Waals surface area contributed by atoms with Crippen molar-refractivity contribution in [2.24, 2.45) is 0 Å². The highest BCUT2D eigenvalue weighted by atomic mass is 16.5. The topological polar surface area (TPSA) is 64.3 Å². The third-order valence-electron chi connectivity index (χ3n) is 0.599. The van der Waals surface area contributed by atoms with Crippen molar-refractivity contribution >= 4 is 0 Å². The standard InChI is InChI=1S/C4H10NO2/c1-2-3-4(5,6)7/h5-7H,2-3H2,1H3. The first-order valence-electron chi connectivity index (χ1n) is 2.26. The number of aliphatic hydroxyl groups is 2. The van der Waals surface area contributed by atoms with Gasteiger partial charge in [-0.15, -0.1) is 0 Å². The van der Waals surface area contributed by atoms with Crippen molar-refractivity contribution in [2.45, 2.75) is 25.7 Å². The maximum atomic E-state index is 8.24. The van der Waals surface area contributed by atoms with Crippen molar-refractivity contribution in [3.8, 4) is 0 Å². The fourth-order valence-corrected chi connectivity index (χ4v) is 0.349. The Morgan fingerprint density at radius 2 is 2.00 bits per heavy atom. The molecule has 7 heavy (non-hydrogen) atoms. The minimum Gasteiger partial charge on any atom is -0.353 e. The molecule has 1 radical (unpaired) electrons. The van der Waals surface area contributed by atoms with Gasteiger partial charge in [-0.25, -0.2) is 0 Å². The first-order chi connectivity index (χ1) is 3.06. The van der Waals surface area contributed by atoms with Crippen LogP contribution in [0.3, 0.4) is 0 Å². The highest BCUT2D eigenvalue weighted by molar-refractivity contribution is 4.48. The maximum absolute atomic E-state index is 8.24. The maximum Gasteiger partial charge on any atom is 0.235 e. The Kier molecular flexibility index (Phi) is 2.22. The zero-order valence-electron chi connectivity index (χ0n) is 4.31. The normalized spacial score (nSPS) is 12.0. The lowest BCUT2D eigenvalue weighted by Crippen LogP contribution is -2.28. The van der Waals surface area contributed by atoms with Crippen LogP contribution in [-0.2, 0) is 0 Å². The van der Waals surface area contributed by atoms with E-state index in [1.165, 1.54) is 0 Å². The van der Waals surface area contributed by atoms with E-state index in [1.807, 2.05) is 0 Å². The molecule has 0 aromatic heterocycles. The monoisotopic (exact) mass is 104 g/mol. The largest absolute Gasteiger partial charge is 0.353 e. The van der Waals surface area contributed by atoms with E-state index in [2.05, 4.69) is 0 Å². The fourth-order valence-electron chi connectivity index (χ4n) is 0.349. The van der Waals surface area contributed by atoms with Crippen LogP contribution in [0.5, 0.6) is 0 Å². The minimum atomic E-state index is -2.20. The quantitative estimate of drug-likeness (QED) is 0.473. The molecule has 0 amide bonds. The summed E-state index contributed by atoms with van der Waals surface area (Å²) in [4.78, 5) is 0. The van der Waals surface area contributed by atoms with E-state index in [-0.39, 0.29) is 6.42 Å². The second kappa shape index (κ2) is 2.26. The predicted molar refractivity (Wildman–Crippen MR) is 25.2 cm³/mol. The second-order valence-corrected chi connectivity index (χ2v) is 1.57. The summed E-state index contributed by atoms with van der Waals surface area (Å²) in [7, 11) is 0. The Morgan fingerprint density at radius 3 is 2.00 bits per heavy atom. The molecule has 0 fully saturated rings. The number of hydrogen-bond donors (Lipinski definition) is 2. The molecule has 3 nitrogen and oxygen atoms in total. The molecule has 0 aliphatic heterocycles. The van der Waals surface area contributed by atoms with E-state index in [1.54, 1.807) is 6.92 Å². The highest BCUT2D eigenvalue weighted by Crippen LogP contribution is 2.00. The van der Waals surface area contributed by atoms with Gasteiger partial charge in [0.1, 0.15) is 0 Å². The molecule has 0 saturated heterocycles. The van der Waals surface area contributed by atoms with Gasteiger partial charge < -0.3 is 10.2 Å². The molecule has 3 heteroatoms. The van der Waals surface area contributed by atoms with Crippen molar-refractivity contribution < 1.29 is 10.2 Å². The molecule has 0 aromatic carbocycles. The summed E-state index contributed by atoms with van der Waals surface area (Å²) in [5, 5.41) is 16.5. The van der Waals surface area contributed by atoms with Crippen molar-refractivity contribution in [2.75, 3.05) is 0 Å². The summed E-state index contributed by atoms with van der Waals surface area (Å²) in [5.41, 5.74) is 6.44. The van der Waals surface area contributed by atoms with Gasteiger partial charge in [0, 0.05) is 6.42 Å². The van der Waals surface area contributed by atoms with E-state index in [9.17, 15) is 0 Å². The summed E-state index contributed by atoms with van der Waals surface area (Å²) in [5.74, 6) is -2.20. The van der Waals surface area contributed by atoms with Gasteiger partial charge in [0.2, 0.25) is 5.91 Å². The summed E-state index contributed by atoms with van der Waals surface area (Å²) < 4.78 is 0. The first kappa shape index (κ1) is 6.88. The molecule has 3 N–H and O–H groups in total. The van der Waals surface area contributed by atoms with Gasteiger partial charge in [-0.2, -0.15) is 5.73 Å². The average molecular weight is 104 g/mol. The van der Waals surface area contributed by atoms with Crippen LogP contribution in [0.2, 0.25) is 0 Å². The molecule has 0 spiro atoms. The lowest BCUT2D eigenvalue weighted by atomic mass is 10.3. The van der Waals surface area contributed by atoms with Crippen LogP contribution >= 0.6 is 0 Å². The van der Waals surface area contributed by atoms with Gasteiger partial charge in [-0.3, -0.25) is 0 Å². The van der Waals surface area contributed by atoms with E-state index in [0.717, 1.165) is 0 Å². The molecule has 0 bridgehead atoms. The molecule has 0 aromatic rings. The zero-order valence-corrected chi connectivity index (χ0v) is 4.31. The van der Waals surface area contributed by atoms with Crippen molar-refractivity contribution in [1.29, 1.82) is 0 Å². The van der Waals surface area contributed by atoms with E-state index >= 15 is 0 Å². The molecule has 0 rings (SSSR count). The average Bonchev–Trinajstić information content (AvgIpc) is 1.30. The van der Waals surface area contributed by atoms with E-state index < -0.39 is 5.91 Å². The van der Waals surface area contributed by atoms with Crippen LogP contribution in [0.15, 0.2) is 0 Å². The third kappa shape index (κ3) is 5.88. The van der Waals surface area contributed by atoms with Gasteiger partial charge >= 0.3 is 0 Å². The van der Waals surface area contributed by atoms with Crippen molar-refractivity contribution in [3.63, 3.8) is 0 Å². The lowest BCUT2D eigenvalue weighted by Gasteiger charge is -2.10. The molecular weight excluding hydrogens is 94.0 g/mol. The van der Waals surface area contributed by atoms with Crippen LogP contribution < -0.4 is 5.73 Å². The second-order valence-electron chi connectivity index (χ2n) is 1.57. The Hall–Kier alpha value is -0.120. The number of hydrogen-bond acceptors (Lipinski definition) is 2. The summed E-state index contributed by atoms with van der Waals surface area (Å²) in [6.45, 7) is 1.79. The van der Waals surface area contributed by atoms with Crippen molar-refractivity contribution in [1.82, 2.24) is 5.73 Å². The van der Waals surface area contributed by atoms with E-state index in [4.69, 9.17) is 15.9 Å². The van der Waals surface area contributed by atoms with Gasteiger partial charge in [0.25, 0.3) is 0 Å². The lowest BCUT2D eigenvalue weighted by molar-refractivity contribution is -0.166. The molecule has 0 heterocycles. The molecule has 0 aliphatic carbocycles. The summed E-state index contributed by atoms with van der Waals surface area (Å²) in [6, 6.07) is 0. The fraction of sp³-hybridized carbons (Fsp3) is 1.00. The Morgan fingerprint density at radius 1 is 1.57 bits per heavy atom. The first-order valence-corrected chi connectivity index (χ1v) is 2.26. The molecular formula is C4H10NO2. The zero-order chi connectivity index (χ0) is 5.91. The number of rotatable bonds is 2. The van der Waals surface area contributed by atoms with Crippen LogP contribution in [0.1, 0.15) is 19.8 Å². The highest BCUT2D eigenvalue weighted by Gasteiger charge is 2.13. The Balaban J connectivity index is 3.15. The Labute approximate surface area is 42.8 Å². The van der Waals surface area contributed by atoms with Crippen LogP contribution in [0, 0.1) is 0 Å². The molecule has 0 unspecified atom stereocenters. The molecule has 0 atom stereocenters. The number of nitrogens with one attached hydrogen (secondary N) is 1. The minimum absolute atomic E-state index is 0.118. The SMILES string of the molecule is CCCC([NH])(O)O. The van der Waals surface area contributed by atoms with Gasteiger partial charge in [0.15, 0.2) is 0 Å². The van der Waals surface area contributed by atoms with Crippen LogP contribution in [-0.4, -0.2) is 16.1 Å². The van der Waals surface area contributed by atoms with E-state index in [0.29, 0.717) is 6.42 Å². The molecule has 0 saturated carbocycles. The molecule has 0 aliphatic rings. The predicted octanol–water partition coefficient (Wildman–Crippen LogP) is -0.292. The smallest absolute Gasteiger partial charge is 0.235 e. The van der Waals surface area contributed by atoms with Gasteiger partial charge in [-0.1, -0.05) is 6.92 Å². The van der Waals surface area contributed by atoms with Gasteiger partial charge in [0.05, 0.1) is 0 Å². The molecule has 43 valence electrons. The van der Waals surface area contributed by atoms with Crippen LogP contribution in [0.4, 0.5) is 0 Å². The third-order valence-corrected chi connectivity index (χ3v) is 0.599. The summed E-state index contributed by atoms with van der Waals surface area (Å²) >= 11 is 0. The summed E-state index contributed by atoms with van der Waals surface area (Å²) in [6.07, 6.45) is 0.740. The van der Waals surface area contributed by atoms with Gasteiger partial charge in [-0.05, 0) is 6.42 Å². The Bertz CT molecular complexity index is 48.1. The van der Waals surface area contributed by atoms with Crippen molar-refractivity contribution in [3.05, 3.63) is 0 Å².